The summed E-state index contributed by atoms with van der Waals surface area (Å²) in [6.45, 7) is 10.7. The second-order valence-corrected chi connectivity index (χ2v) is 12.1. The van der Waals surface area contributed by atoms with Crippen molar-refractivity contribution in [2.75, 3.05) is 0 Å². The molecule has 5 heteroatoms. The zero-order valence-corrected chi connectivity index (χ0v) is 12.5. The molecular weight excluding hydrogens is 248 g/mol. The number of ether oxygens (including phenoxy) is 1. The molecule has 0 aromatic carbocycles. The van der Waals surface area contributed by atoms with E-state index in [4.69, 9.17) is 14.5 Å². The average molecular weight is 268 g/mol. The number of carbonyl (C=O) groups is 1. The normalized spacial score (nSPS) is 41.4. The molecule has 100 valence electrons. The van der Waals surface area contributed by atoms with Gasteiger partial charge >= 0.3 is 5.97 Å². The highest BCUT2D eigenvalue weighted by Gasteiger charge is 2.63. The number of esters is 1. The monoisotopic (exact) mass is 268 g/mol. The maximum atomic E-state index is 12.0. The van der Waals surface area contributed by atoms with Gasteiger partial charge in [0.1, 0.15) is 18.3 Å². The van der Waals surface area contributed by atoms with Crippen LogP contribution in [0.25, 0.3) is 0 Å². The third-order valence-electron chi connectivity index (χ3n) is 4.40. The molecule has 0 N–H and O–H groups in total. The summed E-state index contributed by atoms with van der Waals surface area (Å²) in [6.07, 6.45) is 1.67. The average Bonchev–Trinajstić information content (AvgIpc) is 2.51. The van der Waals surface area contributed by atoms with Crippen LogP contribution in [0.3, 0.4) is 0 Å². The lowest BCUT2D eigenvalue weighted by Gasteiger charge is -2.46. The topological polar surface area (TPSA) is 44.8 Å². The van der Waals surface area contributed by atoms with Crippen LogP contribution in [0, 0.1) is 11.3 Å². The minimum Gasteiger partial charge on any atom is -0.458 e. The molecule has 0 aromatic heterocycles. The van der Waals surface area contributed by atoms with E-state index in [1.165, 1.54) is 5.20 Å². The van der Waals surface area contributed by atoms with Crippen molar-refractivity contribution >= 4 is 14.0 Å². The van der Waals surface area contributed by atoms with Crippen molar-refractivity contribution in [2.45, 2.75) is 51.8 Å². The van der Waals surface area contributed by atoms with Crippen molar-refractivity contribution < 1.29 is 19.3 Å². The van der Waals surface area contributed by atoms with Gasteiger partial charge in [0.25, 0.3) is 0 Å². The summed E-state index contributed by atoms with van der Waals surface area (Å²) in [4.78, 5) is 22.9. The van der Waals surface area contributed by atoms with Gasteiger partial charge in [-0.05, 0) is 19.0 Å². The molecule has 3 aliphatic heterocycles. The molecule has 0 radical (unpaired) electrons. The molecule has 0 unspecified atom stereocenters. The number of rotatable bonds is 1. The third kappa shape index (κ3) is 1.47. The molecule has 2 bridgehead atoms. The fourth-order valence-corrected chi connectivity index (χ4v) is 5.02. The molecule has 3 heterocycles. The molecule has 4 aliphatic rings. The Balaban J connectivity index is 2.04. The molecule has 2 fully saturated rings. The summed E-state index contributed by atoms with van der Waals surface area (Å²) in [6, 6.07) is 0. The largest absolute Gasteiger partial charge is 0.458 e. The summed E-state index contributed by atoms with van der Waals surface area (Å²) in [5, 5.41) is 1.31. The van der Waals surface area contributed by atoms with Crippen molar-refractivity contribution in [3.8, 4) is 0 Å². The quantitative estimate of drug-likeness (QED) is 0.415. The molecule has 0 amide bonds. The molecule has 2 saturated heterocycles. The first-order chi connectivity index (χ1) is 8.23. The first-order valence-corrected chi connectivity index (χ1v) is 9.98. The van der Waals surface area contributed by atoms with Gasteiger partial charge in [0.2, 0.25) is 0 Å². The second-order valence-electron chi connectivity index (χ2n) is 7.07. The van der Waals surface area contributed by atoms with Crippen molar-refractivity contribution in [1.82, 2.24) is 0 Å². The third-order valence-corrected chi connectivity index (χ3v) is 6.58. The SMILES string of the molecule is CC1(C)C(=O)O[C@@H]2[C@H]1[C@@H]1C=C([Si](C)(C)C)[C@H]2OO1. The molecule has 18 heavy (non-hydrogen) atoms. The maximum absolute atomic E-state index is 12.0. The van der Waals surface area contributed by atoms with Crippen molar-refractivity contribution in [3.63, 3.8) is 0 Å². The van der Waals surface area contributed by atoms with Crippen LogP contribution in [-0.2, 0) is 19.3 Å². The van der Waals surface area contributed by atoms with Gasteiger partial charge in [-0.25, -0.2) is 9.78 Å². The predicted octanol–water partition coefficient (Wildman–Crippen LogP) is 2.07. The van der Waals surface area contributed by atoms with Gasteiger partial charge in [0.15, 0.2) is 0 Å². The van der Waals surface area contributed by atoms with Gasteiger partial charge in [-0.3, -0.25) is 4.79 Å². The van der Waals surface area contributed by atoms with Gasteiger partial charge in [-0.15, -0.1) is 0 Å². The van der Waals surface area contributed by atoms with Crippen LogP contribution in [-0.4, -0.2) is 32.4 Å². The Morgan fingerprint density at radius 2 is 1.89 bits per heavy atom. The Labute approximate surface area is 108 Å². The van der Waals surface area contributed by atoms with Gasteiger partial charge < -0.3 is 4.74 Å². The predicted molar refractivity (Wildman–Crippen MR) is 68.3 cm³/mol. The maximum Gasteiger partial charge on any atom is 0.312 e. The van der Waals surface area contributed by atoms with Gasteiger partial charge in [-0.1, -0.05) is 25.7 Å². The van der Waals surface area contributed by atoms with E-state index in [9.17, 15) is 4.79 Å². The van der Waals surface area contributed by atoms with Crippen LogP contribution in [0.4, 0.5) is 0 Å². The first kappa shape index (κ1) is 12.4. The van der Waals surface area contributed by atoms with Crippen LogP contribution >= 0.6 is 0 Å². The zero-order valence-electron chi connectivity index (χ0n) is 11.5. The highest BCUT2D eigenvalue weighted by molar-refractivity contribution is 6.83. The molecule has 0 spiro atoms. The fraction of sp³-hybridized carbons (Fsp3) is 0.769. The van der Waals surface area contributed by atoms with E-state index in [1.54, 1.807) is 0 Å². The summed E-state index contributed by atoms with van der Waals surface area (Å²) >= 11 is 0. The minimum atomic E-state index is -1.47. The van der Waals surface area contributed by atoms with Crippen LogP contribution in [0.15, 0.2) is 11.3 Å². The lowest BCUT2D eigenvalue weighted by Crippen LogP contribution is -2.57. The lowest BCUT2D eigenvalue weighted by molar-refractivity contribution is -0.393. The zero-order chi connectivity index (χ0) is 13.3. The molecular formula is C13H20O4Si. The number of carbonyl (C=O) groups excluding carboxylic acids is 1. The smallest absolute Gasteiger partial charge is 0.312 e. The van der Waals surface area contributed by atoms with E-state index < -0.39 is 13.5 Å². The molecule has 4 nitrogen and oxygen atoms in total. The standard InChI is InChI=1S/C13H20O4Si/c1-13(2)9-7-6-8(18(3,4)5)10(17-16-7)11(9)15-12(13)14/h6-7,9-11H,1-5H3/t7-,9+,10+,11+/m0/s1. The molecule has 0 saturated carbocycles. The fourth-order valence-electron chi connectivity index (χ4n) is 3.29. The van der Waals surface area contributed by atoms with Crippen molar-refractivity contribution in [3.05, 3.63) is 11.3 Å². The lowest BCUT2D eigenvalue weighted by atomic mass is 9.71. The highest BCUT2D eigenvalue weighted by atomic mass is 28.3. The number of hydrogen-bond acceptors (Lipinski definition) is 4. The van der Waals surface area contributed by atoms with Crippen molar-refractivity contribution in [2.24, 2.45) is 11.3 Å². The Hall–Kier alpha value is -0.653. The van der Waals surface area contributed by atoms with E-state index in [-0.39, 0.29) is 30.2 Å². The van der Waals surface area contributed by atoms with E-state index in [0.717, 1.165) is 0 Å². The minimum absolute atomic E-state index is 0.0730. The van der Waals surface area contributed by atoms with E-state index in [0.29, 0.717) is 0 Å². The summed E-state index contributed by atoms with van der Waals surface area (Å²) in [7, 11) is -1.47. The number of fused-ring (bicyclic) bond motifs is 1. The molecule has 4 rings (SSSR count). The summed E-state index contributed by atoms with van der Waals surface area (Å²) in [5.41, 5.74) is -0.487. The Bertz CT molecular complexity index is 435. The second kappa shape index (κ2) is 3.46. The van der Waals surface area contributed by atoms with Crippen molar-refractivity contribution in [1.29, 1.82) is 0 Å². The van der Waals surface area contributed by atoms with Gasteiger partial charge in [-0.2, -0.15) is 0 Å². The Kier molecular flexibility index (Phi) is 2.38. The van der Waals surface area contributed by atoms with Crippen LogP contribution < -0.4 is 0 Å². The van der Waals surface area contributed by atoms with Gasteiger partial charge in [0, 0.05) is 5.92 Å². The van der Waals surface area contributed by atoms with Crippen LogP contribution in [0.5, 0.6) is 0 Å². The number of hydrogen-bond donors (Lipinski definition) is 0. The molecule has 4 atom stereocenters. The first-order valence-electron chi connectivity index (χ1n) is 6.48. The van der Waals surface area contributed by atoms with Crippen LogP contribution in [0.1, 0.15) is 13.8 Å². The Morgan fingerprint density at radius 3 is 2.50 bits per heavy atom. The van der Waals surface area contributed by atoms with Gasteiger partial charge in [0.05, 0.1) is 13.5 Å². The highest BCUT2D eigenvalue weighted by Crippen LogP contribution is 2.51. The summed E-state index contributed by atoms with van der Waals surface area (Å²) in [5.74, 6) is -0.0596. The Morgan fingerprint density at radius 1 is 1.22 bits per heavy atom. The molecule has 0 aromatic rings. The molecule has 1 aliphatic carbocycles. The van der Waals surface area contributed by atoms with E-state index >= 15 is 0 Å². The van der Waals surface area contributed by atoms with E-state index in [1.807, 2.05) is 13.8 Å². The van der Waals surface area contributed by atoms with E-state index in [2.05, 4.69) is 25.7 Å². The summed E-state index contributed by atoms with van der Waals surface area (Å²) < 4.78 is 5.58. The van der Waals surface area contributed by atoms with Crippen LogP contribution in [0.2, 0.25) is 19.6 Å².